The molecule has 3 rings (SSSR count). The Labute approximate surface area is 241 Å². The maximum absolute atomic E-state index is 5.11. The molecule has 216 valence electrons. The topological polar surface area (TPSA) is 17.8 Å². The minimum atomic E-state index is 0.298. The zero-order chi connectivity index (χ0) is 27.7. The van der Waals surface area contributed by atoms with Crippen molar-refractivity contribution in [3.8, 4) is 0 Å². The number of rotatable bonds is 21. The Bertz CT molecular complexity index is 1030. The van der Waals surface area contributed by atoms with Crippen LogP contribution in [0.1, 0.15) is 153 Å². The molecule has 1 aromatic heterocycles. The predicted octanol–water partition coefficient (Wildman–Crippen LogP) is 11.6. The molecule has 0 saturated carbocycles. The molecule has 1 heterocycles. The third-order valence-electron chi connectivity index (χ3n) is 8.43. The molecular formula is C37H58N2. The van der Waals surface area contributed by atoms with Gasteiger partial charge in [0.2, 0.25) is 0 Å². The van der Waals surface area contributed by atoms with Gasteiger partial charge < -0.3 is 4.57 Å². The van der Waals surface area contributed by atoms with Crippen LogP contribution in [-0.4, -0.2) is 9.55 Å². The summed E-state index contributed by atoms with van der Waals surface area (Å²) in [6, 6.07) is 18.0. The lowest BCUT2D eigenvalue weighted by Crippen LogP contribution is -2.09. The van der Waals surface area contributed by atoms with Crippen LogP contribution in [0.4, 0.5) is 0 Å². The highest BCUT2D eigenvalue weighted by atomic mass is 15.1. The van der Waals surface area contributed by atoms with Crippen LogP contribution in [0.25, 0.3) is 11.0 Å². The zero-order valence-corrected chi connectivity index (χ0v) is 25.9. The van der Waals surface area contributed by atoms with Gasteiger partial charge in [0.1, 0.15) is 5.82 Å². The Morgan fingerprint density at radius 2 is 1.13 bits per heavy atom. The van der Waals surface area contributed by atoms with Crippen molar-refractivity contribution in [3.05, 3.63) is 65.5 Å². The van der Waals surface area contributed by atoms with Gasteiger partial charge >= 0.3 is 0 Å². The monoisotopic (exact) mass is 530 g/mol. The van der Waals surface area contributed by atoms with Crippen molar-refractivity contribution >= 4 is 11.0 Å². The number of aryl methyl sites for hydroxylation is 1. The fourth-order valence-electron chi connectivity index (χ4n) is 6.04. The predicted molar refractivity (Wildman–Crippen MR) is 172 cm³/mol. The molecule has 39 heavy (non-hydrogen) atoms. The van der Waals surface area contributed by atoms with Gasteiger partial charge in [0.25, 0.3) is 0 Å². The van der Waals surface area contributed by atoms with Gasteiger partial charge in [-0.2, -0.15) is 0 Å². The van der Waals surface area contributed by atoms with E-state index in [2.05, 4.69) is 80.8 Å². The van der Waals surface area contributed by atoms with Gasteiger partial charge in [0.15, 0.2) is 0 Å². The summed E-state index contributed by atoms with van der Waals surface area (Å²) in [7, 11) is 0. The molecule has 0 saturated heterocycles. The summed E-state index contributed by atoms with van der Waals surface area (Å²) in [4.78, 5) is 5.11. The van der Waals surface area contributed by atoms with Crippen LogP contribution in [-0.2, 0) is 13.0 Å². The van der Waals surface area contributed by atoms with Crippen molar-refractivity contribution < 1.29 is 0 Å². The smallest absolute Gasteiger partial charge is 0.117 e. The zero-order valence-electron chi connectivity index (χ0n) is 25.9. The Kier molecular flexibility index (Phi) is 14.7. The molecule has 2 nitrogen and oxygen atoms in total. The molecule has 1 atom stereocenters. The van der Waals surface area contributed by atoms with Crippen LogP contribution in [0.5, 0.6) is 0 Å². The number of hydrogen-bond acceptors (Lipinski definition) is 1. The van der Waals surface area contributed by atoms with Crippen molar-refractivity contribution in [1.29, 1.82) is 0 Å². The summed E-state index contributed by atoms with van der Waals surface area (Å²) < 4.78 is 2.51. The third kappa shape index (κ3) is 11.1. The average molecular weight is 531 g/mol. The van der Waals surface area contributed by atoms with Gasteiger partial charge in [0, 0.05) is 12.5 Å². The number of imidazole rings is 1. The standard InChI is InChI=1S/C37H58N2/c1-5-6-7-8-9-10-11-12-13-14-15-16-17-18-19-22-29-39-36-24-21-20-23-35(36)38-37(39)32(4)34-27-25-33(26-28-34)30-31(2)3/h20-21,23-28,31-32H,5-19,22,29-30H2,1-4H3. The second-order valence-electron chi connectivity index (χ2n) is 12.5. The van der Waals surface area contributed by atoms with Gasteiger partial charge in [-0.15, -0.1) is 0 Å². The Hall–Kier alpha value is -2.09. The highest BCUT2D eigenvalue weighted by Gasteiger charge is 2.18. The molecule has 0 aliphatic rings. The lowest BCUT2D eigenvalue weighted by Gasteiger charge is -2.16. The molecule has 2 heteroatoms. The number of nitrogens with zero attached hydrogens (tertiary/aromatic N) is 2. The molecule has 0 aliphatic heterocycles. The van der Waals surface area contributed by atoms with Crippen LogP contribution in [0.15, 0.2) is 48.5 Å². The maximum Gasteiger partial charge on any atom is 0.117 e. The van der Waals surface area contributed by atoms with Gasteiger partial charge in [-0.3, -0.25) is 0 Å². The lowest BCUT2D eigenvalue weighted by atomic mass is 9.96. The number of unbranched alkanes of at least 4 members (excludes halogenated alkanes) is 15. The van der Waals surface area contributed by atoms with Gasteiger partial charge in [-0.05, 0) is 42.0 Å². The first kappa shape index (κ1) is 31.4. The van der Waals surface area contributed by atoms with Crippen LogP contribution in [0.2, 0.25) is 0 Å². The fraction of sp³-hybridized carbons (Fsp3) is 0.649. The summed E-state index contributed by atoms with van der Waals surface area (Å²) >= 11 is 0. The van der Waals surface area contributed by atoms with Crippen LogP contribution in [0.3, 0.4) is 0 Å². The summed E-state index contributed by atoms with van der Waals surface area (Å²) in [5.41, 5.74) is 5.22. The van der Waals surface area contributed by atoms with Crippen molar-refractivity contribution in [1.82, 2.24) is 9.55 Å². The summed E-state index contributed by atoms with van der Waals surface area (Å²) in [6.07, 6.45) is 23.7. The number of benzene rings is 2. The average Bonchev–Trinajstić information content (AvgIpc) is 3.31. The van der Waals surface area contributed by atoms with E-state index in [1.807, 2.05) is 0 Å². The van der Waals surface area contributed by atoms with Gasteiger partial charge in [-0.25, -0.2) is 4.98 Å². The third-order valence-corrected chi connectivity index (χ3v) is 8.43. The molecule has 0 spiro atoms. The second kappa shape index (κ2) is 18.3. The normalized spacial score (nSPS) is 12.5. The largest absolute Gasteiger partial charge is 0.327 e. The minimum absolute atomic E-state index is 0.298. The van der Waals surface area contributed by atoms with Crippen molar-refractivity contribution in [2.75, 3.05) is 0 Å². The van der Waals surface area contributed by atoms with E-state index in [0.717, 1.165) is 18.5 Å². The SMILES string of the molecule is CCCCCCCCCCCCCCCCCCn1c(C(C)c2ccc(CC(C)C)cc2)nc2ccccc21. The van der Waals surface area contributed by atoms with Crippen molar-refractivity contribution in [2.24, 2.45) is 5.92 Å². The van der Waals surface area contributed by atoms with Crippen LogP contribution >= 0.6 is 0 Å². The Morgan fingerprint density at radius 3 is 1.67 bits per heavy atom. The van der Waals surface area contributed by atoms with Crippen LogP contribution in [0, 0.1) is 5.92 Å². The van der Waals surface area contributed by atoms with Gasteiger partial charge in [-0.1, -0.05) is 160 Å². The van der Waals surface area contributed by atoms with E-state index in [9.17, 15) is 0 Å². The molecule has 0 N–H and O–H groups in total. The van der Waals surface area contributed by atoms with E-state index >= 15 is 0 Å². The first-order valence-corrected chi connectivity index (χ1v) is 16.6. The Morgan fingerprint density at radius 1 is 0.615 bits per heavy atom. The van der Waals surface area contributed by atoms with E-state index < -0.39 is 0 Å². The highest BCUT2D eigenvalue weighted by molar-refractivity contribution is 5.76. The van der Waals surface area contributed by atoms with Crippen LogP contribution < -0.4 is 0 Å². The maximum atomic E-state index is 5.11. The van der Waals surface area contributed by atoms with E-state index in [0.29, 0.717) is 11.8 Å². The molecule has 0 aliphatic carbocycles. The second-order valence-corrected chi connectivity index (χ2v) is 12.5. The number of para-hydroxylation sites is 2. The molecule has 0 amide bonds. The fourth-order valence-corrected chi connectivity index (χ4v) is 6.04. The molecule has 0 radical (unpaired) electrons. The quantitative estimate of drug-likeness (QED) is 0.125. The van der Waals surface area contributed by atoms with E-state index in [1.165, 1.54) is 125 Å². The highest BCUT2D eigenvalue weighted by Crippen LogP contribution is 2.28. The first-order valence-electron chi connectivity index (χ1n) is 16.6. The van der Waals surface area contributed by atoms with Gasteiger partial charge in [0.05, 0.1) is 11.0 Å². The number of aromatic nitrogens is 2. The summed E-state index contributed by atoms with van der Waals surface area (Å²) in [5, 5.41) is 0. The van der Waals surface area contributed by atoms with E-state index in [-0.39, 0.29) is 0 Å². The lowest BCUT2D eigenvalue weighted by molar-refractivity contribution is 0.518. The summed E-state index contributed by atoms with van der Waals surface area (Å²) in [5.74, 6) is 2.21. The molecule has 1 unspecified atom stereocenters. The van der Waals surface area contributed by atoms with E-state index in [4.69, 9.17) is 4.98 Å². The number of hydrogen-bond donors (Lipinski definition) is 0. The molecular weight excluding hydrogens is 472 g/mol. The Balaban J connectivity index is 1.36. The first-order chi connectivity index (χ1) is 19.1. The minimum Gasteiger partial charge on any atom is -0.327 e. The van der Waals surface area contributed by atoms with E-state index in [1.54, 1.807) is 0 Å². The molecule has 3 aromatic rings. The molecule has 2 aromatic carbocycles. The van der Waals surface area contributed by atoms with Crippen molar-refractivity contribution in [2.45, 2.75) is 149 Å². The summed E-state index contributed by atoms with van der Waals surface area (Å²) in [6.45, 7) is 10.3. The number of fused-ring (bicyclic) bond motifs is 1. The molecule has 0 fully saturated rings. The molecule has 0 bridgehead atoms. The van der Waals surface area contributed by atoms with Crippen molar-refractivity contribution in [3.63, 3.8) is 0 Å².